The highest BCUT2D eigenvalue weighted by Crippen LogP contribution is 2.26. The molecule has 0 radical (unpaired) electrons. The average Bonchev–Trinajstić information content (AvgIpc) is 2.55. The van der Waals surface area contributed by atoms with E-state index >= 15 is 0 Å². The van der Waals surface area contributed by atoms with E-state index in [0.29, 0.717) is 10.5 Å². The van der Waals surface area contributed by atoms with Gasteiger partial charge in [-0.25, -0.2) is 0 Å². The largest absolute Gasteiger partial charge is 0.146 e. The van der Waals surface area contributed by atoms with Gasteiger partial charge in [-0.05, 0) is 24.0 Å². The van der Waals surface area contributed by atoms with Gasteiger partial charge in [0.2, 0.25) is 0 Å². The zero-order chi connectivity index (χ0) is 14.9. The smallest absolute Gasteiger partial charge is 0.0270 e. The highest BCUT2D eigenvalue weighted by molar-refractivity contribution is 8.00. The maximum atomic E-state index is 4.00. The van der Waals surface area contributed by atoms with Crippen LogP contribution in [0.5, 0.6) is 0 Å². The van der Waals surface area contributed by atoms with Gasteiger partial charge < -0.3 is 0 Å². The first-order valence-corrected chi connectivity index (χ1v) is 8.24. The zero-order valence-corrected chi connectivity index (χ0v) is 13.1. The zero-order valence-electron chi connectivity index (χ0n) is 12.3. The van der Waals surface area contributed by atoms with Crippen molar-refractivity contribution < 1.29 is 0 Å². The Kier molecular flexibility index (Phi) is 6.36. The summed E-state index contributed by atoms with van der Waals surface area (Å²) >= 11 is 1.94. The van der Waals surface area contributed by atoms with Crippen LogP contribution >= 0.6 is 11.8 Å². The predicted octanol–water partition coefficient (Wildman–Crippen LogP) is 5.31. The van der Waals surface area contributed by atoms with Crippen LogP contribution in [-0.2, 0) is 12.8 Å². The molecule has 0 aliphatic rings. The molecule has 0 N–H and O–H groups in total. The van der Waals surface area contributed by atoms with E-state index < -0.39 is 0 Å². The first-order valence-electron chi connectivity index (χ1n) is 7.30. The summed E-state index contributed by atoms with van der Waals surface area (Å²) in [6.45, 7) is 7.99. The van der Waals surface area contributed by atoms with Crippen LogP contribution in [0, 0.1) is 0 Å². The Balaban J connectivity index is 1.95. The van der Waals surface area contributed by atoms with Gasteiger partial charge in [-0.3, -0.25) is 0 Å². The molecule has 0 aliphatic heterocycles. The molecule has 0 saturated carbocycles. The number of benzene rings is 2. The lowest BCUT2D eigenvalue weighted by atomic mass is 10.1. The van der Waals surface area contributed by atoms with Crippen LogP contribution in [0.15, 0.2) is 86.0 Å². The van der Waals surface area contributed by atoms with E-state index in [-0.39, 0.29) is 0 Å². The molecule has 0 bridgehead atoms. The number of rotatable bonds is 8. The number of thioether (sulfide) groups is 1. The SMILES string of the molecule is C=CC(Cc1ccccc1)SC(C=C)Cc1ccccc1. The minimum Gasteiger partial charge on any atom is -0.146 e. The Hall–Kier alpha value is -1.73. The summed E-state index contributed by atoms with van der Waals surface area (Å²) in [7, 11) is 0. The molecule has 0 heterocycles. The summed E-state index contributed by atoms with van der Waals surface area (Å²) in [6.07, 6.45) is 6.15. The van der Waals surface area contributed by atoms with Crippen molar-refractivity contribution in [1.29, 1.82) is 0 Å². The first-order chi connectivity index (χ1) is 10.3. The Morgan fingerprint density at radius 1 is 0.714 bits per heavy atom. The summed E-state index contributed by atoms with van der Waals surface area (Å²) < 4.78 is 0. The van der Waals surface area contributed by atoms with E-state index in [4.69, 9.17) is 0 Å². The Labute approximate surface area is 132 Å². The second-order valence-corrected chi connectivity index (χ2v) is 6.55. The molecule has 2 unspecified atom stereocenters. The molecule has 0 nitrogen and oxygen atoms in total. The maximum Gasteiger partial charge on any atom is 0.0270 e. The highest BCUT2D eigenvalue weighted by Gasteiger charge is 2.13. The molecule has 0 spiro atoms. The van der Waals surface area contributed by atoms with E-state index in [1.165, 1.54) is 11.1 Å². The van der Waals surface area contributed by atoms with Crippen LogP contribution in [0.3, 0.4) is 0 Å². The van der Waals surface area contributed by atoms with Gasteiger partial charge in [-0.1, -0.05) is 72.8 Å². The summed E-state index contributed by atoms with van der Waals surface area (Å²) in [5, 5.41) is 0.832. The Morgan fingerprint density at radius 3 is 1.43 bits per heavy atom. The molecule has 108 valence electrons. The van der Waals surface area contributed by atoms with Crippen LogP contribution < -0.4 is 0 Å². The van der Waals surface area contributed by atoms with Crippen molar-refractivity contribution in [2.75, 3.05) is 0 Å². The van der Waals surface area contributed by atoms with Crippen LogP contribution in [0.25, 0.3) is 0 Å². The van der Waals surface area contributed by atoms with E-state index in [1.807, 2.05) is 11.8 Å². The molecule has 0 saturated heterocycles. The molecule has 21 heavy (non-hydrogen) atoms. The van der Waals surface area contributed by atoms with E-state index in [2.05, 4.69) is 86.0 Å². The van der Waals surface area contributed by atoms with Crippen LogP contribution in [-0.4, -0.2) is 10.5 Å². The van der Waals surface area contributed by atoms with Crippen molar-refractivity contribution in [3.63, 3.8) is 0 Å². The van der Waals surface area contributed by atoms with Crippen molar-refractivity contribution in [2.45, 2.75) is 23.3 Å². The van der Waals surface area contributed by atoms with E-state index in [1.54, 1.807) is 0 Å². The van der Waals surface area contributed by atoms with Gasteiger partial charge in [0.25, 0.3) is 0 Å². The topological polar surface area (TPSA) is 0 Å². The second kappa shape index (κ2) is 8.53. The van der Waals surface area contributed by atoms with Crippen molar-refractivity contribution in [3.8, 4) is 0 Å². The molecule has 0 aliphatic carbocycles. The molecule has 0 fully saturated rings. The number of hydrogen-bond donors (Lipinski definition) is 0. The standard InChI is InChI=1S/C20H22S/c1-3-19(15-17-11-7-5-8-12-17)21-20(4-2)16-18-13-9-6-10-14-18/h3-14,19-20H,1-2,15-16H2. The average molecular weight is 294 g/mol. The van der Waals surface area contributed by atoms with Crippen molar-refractivity contribution in [3.05, 3.63) is 97.1 Å². The fourth-order valence-corrected chi connectivity index (χ4v) is 3.54. The van der Waals surface area contributed by atoms with Crippen LogP contribution in [0.4, 0.5) is 0 Å². The number of hydrogen-bond acceptors (Lipinski definition) is 1. The lowest BCUT2D eigenvalue weighted by Crippen LogP contribution is -2.12. The Morgan fingerprint density at radius 2 is 1.10 bits per heavy atom. The molecule has 2 aromatic carbocycles. The van der Waals surface area contributed by atoms with Gasteiger partial charge >= 0.3 is 0 Å². The third-order valence-electron chi connectivity index (χ3n) is 3.43. The molecule has 0 aromatic heterocycles. The third-order valence-corrected chi connectivity index (χ3v) is 4.85. The molecular weight excluding hydrogens is 272 g/mol. The summed E-state index contributed by atoms with van der Waals surface area (Å²) in [4.78, 5) is 0. The minimum atomic E-state index is 0.416. The van der Waals surface area contributed by atoms with Crippen LogP contribution in [0.1, 0.15) is 11.1 Å². The first kappa shape index (κ1) is 15.7. The summed E-state index contributed by atoms with van der Waals surface area (Å²) in [6, 6.07) is 21.2. The molecule has 0 amide bonds. The quantitative estimate of drug-likeness (QED) is 0.594. The predicted molar refractivity (Wildman–Crippen MR) is 95.9 cm³/mol. The minimum absolute atomic E-state index is 0.416. The molecule has 1 heteroatoms. The fraction of sp³-hybridized carbons (Fsp3) is 0.200. The molecular formula is C20H22S. The Bertz CT molecular complexity index is 493. The van der Waals surface area contributed by atoms with E-state index in [9.17, 15) is 0 Å². The van der Waals surface area contributed by atoms with Gasteiger partial charge in [0.15, 0.2) is 0 Å². The van der Waals surface area contributed by atoms with Gasteiger partial charge in [0.05, 0.1) is 0 Å². The van der Waals surface area contributed by atoms with Gasteiger partial charge in [0.1, 0.15) is 0 Å². The molecule has 2 rings (SSSR count). The lowest BCUT2D eigenvalue weighted by molar-refractivity contribution is 0.978. The second-order valence-electron chi connectivity index (χ2n) is 5.06. The van der Waals surface area contributed by atoms with Crippen LogP contribution in [0.2, 0.25) is 0 Å². The maximum absolute atomic E-state index is 4.00. The molecule has 2 atom stereocenters. The van der Waals surface area contributed by atoms with Gasteiger partial charge in [0, 0.05) is 10.5 Å². The summed E-state index contributed by atoms with van der Waals surface area (Å²) in [5.41, 5.74) is 2.72. The van der Waals surface area contributed by atoms with Gasteiger partial charge in [-0.15, -0.1) is 24.9 Å². The normalized spacial score (nSPS) is 13.3. The fourth-order valence-electron chi connectivity index (χ4n) is 2.29. The van der Waals surface area contributed by atoms with Crippen molar-refractivity contribution >= 4 is 11.8 Å². The summed E-state index contributed by atoms with van der Waals surface area (Å²) in [5.74, 6) is 0. The third kappa shape index (κ3) is 5.28. The lowest BCUT2D eigenvalue weighted by Gasteiger charge is -2.19. The van der Waals surface area contributed by atoms with E-state index in [0.717, 1.165) is 12.8 Å². The molecule has 2 aromatic rings. The van der Waals surface area contributed by atoms with Gasteiger partial charge in [-0.2, -0.15) is 0 Å². The van der Waals surface area contributed by atoms with Crippen molar-refractivity contribution in [2.24, 2.45) is 0 Å². The monoisotopic (exact) mass is 294 g/mol. The highest BCUT2D eigenvalue weighted by atomic mass is 32.2. The van der Waals surface area contributed by atoms with Crippen molar-refractivity contribution in [1.82, 2.24) is 0 Å².